The second-order valence-electron chi connectivity index (χ2n) is 5.02. The fraction of sp³-hybridized carbons (Fsp3) is 0.333. The summed E-state index contributed by atoms with van der Waals surface area (Å²) in [5.74, 6) is 0.409. The van der Waals surface area contributed by atoms with Gasteiger partial charge >= 0.3 is 0 Å². The highest BCUT2D eigenvalue weighted by molar-refractivity contribution is 6.34. The third-order valence-electron chi connectivity index (χ3n) is 2.89. The zero-order valence-corrected chi connectivity index (χ0v) is 12.9. The highest BCUT2D eigenvalue weighted by Crippen LogP contribution is 2.24. The summed E-state index contributed by atoms with van der Waals surface area (Å²) in [7, 11) is 0. The van der Waals surface area contributed by atoms with Crippen molar-refractivity contribution in [2.45, 2.75) is 32.9 Å². The molecule has 2 aromatic rings. The largest absolute Gasteiger partial charge is 0.491 e. The molecule has 1 aromatic heterocycles. The van der Waals surface area contributed by atoms with Gasteiger partial charge in [-0.25, -0.2) is 0 Å². The maximum absolute atomic E-state index is 12.2. The number of halogens is 1. The maximum Gasteiger partial charge on any atom is 0.253 e. The Balaban J connectivity index is 2.09. The summed E-state index contributed by atoms with van der Waals surface area (Å²) in [4.78, 5) is 12.2. The smallest absolute Gasteiger partial charge is 0.253 e. The van der Waals surface area contributed by atoms with Crippen LogP contribution in [0.5, 0.6) is 5.75 Å². The van der Waals surface area contributed by atoms with Crippen molar-refractivity contribution in [2.24, 2.45) is 0 Å². The second-order valence-corrected chi connectivity index (χ2v) is 5.42. The van der Waals surface area contributed by atoms with Crippen molar-refractivity contribution in [3.05, 3.63) is 46.7 Å². The van der Waals surface area contributed by atoms with Crippen LogP contribution in [0.1, 0.15) is 42.9 Å². The molecule has 0 unspecified atom stereocenters. The van der Waals surface area contributed by atoms with E-state index in [4.69, 9.17) is 16.3 Å². The van der Waals surface area contributed by atoms with Crippen LogP contribution in [0.15, 0.2) is 30.5 Å². The number of hydrogen-bond donors (Lipinski definition) is 2. The van der Waals surface area contributed by atoms with E-state index in [1.54, 1.807) is 24.4 Å². The van der Waals surface area contributed by atoms with Gasteiger partial charge in [-0.3, -0.25) is 9.89 Å². The Morgan fingerprint density at radius 3 is 2.67 bits per heavy atom. The van der Waals surface area contributed by atoms with E-state index in [0.29, 0.717) is 16.3 Å². The lowest BCUT2D eigenvalue weighted by Crippen LogP contribution is -2.27. The van der Waals surface area contributed by atoms with E-state index in [9.17, 15) is 4.79 Å². The first-order valence-electron chi connectivity index (χ1n) is 6.73. The lowest BCUT2D eigenvalue weighted by molar-refractivity contribution is 0.0939. The summed E-state index contributed by atoms with van der Waals surface area (Å²) < 4.78 is 5.54. The normalized spacial score (nSPS) is 12.2. The zero-order chi connectivity index (χ0) is 15.4. The summed E-state index contributed by atoms with van der Waals surface area (Å²) in [5.41, 5.74) is 1.25. The molecule has 5 nitrogen and oxygen atoms in total. The molecule has 0 aliphatic rings. The monoisotopic (exact) mass is 307 g/mol. The summed E-state index contributed by atoms with van der Waals surface area (Å²) in [6.45, 7) is 5.73. The summed E-state index contributed by atoms with van der Waals surface area (Å²) in [6, 6.07) is 6.68. The molecule has 112 valence electrons. The van der Waals surface area contributed by atoms with E-state index in [2.05, 4.69) is 15.5 Å². The minimum atomic E-state index is -0.238. The van der Waals surface area contributed by atoms with E-state index in [0.717, 1.165) is 5.69 Å². The molecule has 0 radical (unpaired) electrons. The van der Waals surface area contributed by atoms with Crippen LogP contribution in [0.25, 0.3) is 0 Å². The molecule has 0 spiro atoms. The van der Waals surface area contributed by atoms with Crippen molar-refractivity contribution < 1.29 is 9.53 Å². The molecule has 1 aromatic carbocycles. The molecule has 1 atom stereocenters. The Hall–Kier alpha value is -2.01. The van der Waals surface area contributed by atoms with Gasteiger partial charge in [0.1, 0.15) is 5.75 Å². The number of amides is 1. The van der Waals surface area contributed by atoms with Gasteiger partial charge in [0.15, 0.2) is 0 Å². The predicted octanol–water partition coefficient (Wildman–Crippen LogP) is 3.34. The van der Waals surface area contributed by atoms with Gasteiger partial charge in [0, 0.05) is 6.20 Å². The topological polar surface area (TPSA) is 67.0 Å². The number of nitrogens with zero attached hydrogens (tertiary/aromatic N) is 1. The molecule has 0 bridgehead atoms. The number of aromatic amines is 1. The first-order valence-corrected chi connectivity index (χ1v) is 7.11. The Labute approximate surface area is 128 Å². The van der Waals surface area contributed by atoms with Crippen LogP contribution in [0, 0.1) is 0 Å². The maximum atomic E-state index is 12.2. The molecule has 21 heavy (non-hydrogen) atoms. The van der Waals surface area contributed by atoms with Crippen molar-refractivity contribution in [2.75, 3.05) is 0 Å². The van der Waals surface area contributed by atoms with Gasteiger partial charge in [-0.2, -0.15) is 5.10 Å². The van der Waals surface area contributed by atoms with E-state index < -0.39 is 0 Å². The third-order valence-corrected chi connectivity index (χ3v) is 3.21. The summed E-state index contributed by atoms with van der Waals surface area (Å²) in [5, 5.41) is 9.91. The lowest BCUT2D eigenvalue weighted by Gasteiger charge is -2.14. The average Bonchev–Trinajstić information content (AvgIpc) is 2.91. The highest BCUT2D eigenvalue weighted by atomic mass is 35.5. The first-order chi connectivity index (χ1) is 9.97. The molecule has 2 rings (SSSR count). The van der Waals surface area contributed by atoms with E-state index >= 15 is 0 Å². The fourth-order valence-electron chi connectivity index (χ4n) is 1.89. The van der Waals surface area contributed by atoms with E-state index in [1.807, 2.05) is 26.8 Å². The van der Waals surface area contributed by atoms with Crippen molar-refractivity contribution >= 4 is 17.5 Å². The van der Waals surface area contributed by atoms with Gasteiger partial charge in [-0.05, 0) is 45.0 Å². The number of benzene rings is 1. The quantitative estimate of drug-likeness (QED) is 0.890. The number of nitrogens with one attached hydrogen (secondary N) is 2. The molecule has 6 heteroatoms. The second kappa shape index (κ2) is 6.63. The number of carbonyl (C=O) groups excluding carboxylic acids is 1. The first kappa shape index (κ1) is 15.4. The van der Waals surface area contributed by atoms with E-state index in [1.165, 1.54) is 0 Å². The van der Waals surface area contributed by atoms with Crippen molar-refractivity contribution in [3.8, 4) is 5.75 Å². The van der Waals surface area contributed by atoms with Crippen LogP contribution >= 0.6 is 11.6 Å². The average molecular weight is 308 g/mol. The van der Waals surface area contributed by atoms with Crippen LogP contribution in [0.4, 0.5) is 0 Å². The molecule has 0 aliphatic heterocycles. The predicted molar refractivity (Wildman–Crippen MR) is 81.7 cm³/mol. The van der Waals surface area contributed by atoms with Gasteiger partial charge in [-0.1, -0.05) is 11.6 Å². The highest BCUT2D eigenvalue weighted by Gasteiger charge is 2.15. The lowest BCUT2D eigenvalue weighted by atomic mass is 10.1. The van der Waals surface area contributed by atoms with Crippen molar-refractivity contribution in [1.82, 2.24) is 15.5 Å². The molecular weight excluding hydrogens is 290 g/mol. The van der Waals surface area contributed by atoms with Crippen LogP contribution in [-0.2, 0) is 0 Å². The molecule has 2 N–H and O–H groups in total. The standard InChI is InChI=1S/C15H18ClN3O2/c1-9(2)21-11-4-5-12(13(16)8-11)15(20)18-10(3)14-6-7-17-19-14/h4-10H,1-3H3,(H,17,19)(H,18,20)/t10-/m0/s1. The number of rotatable bonds is 5. The van der Waals surface area contributed by atoms with Gasteiger partial charge in [-0.15, -0.1) is 0 Å². The Bertz CT molecular complexity index is 611. The number of hydrogen-bond acceptors (Lipinski definition) is 3. The molecule has 0 aliphatic carbocycles. The summed E-state index contributed by atoms with van der Waals surface area (Å²) >= 11 is 6.16. The van der Waals surface area contributed by atoms with Gasteiger partial charge in [0.2, 0.25) is 0 Å². The molecule has 0 saturated carbocycles. The fourth-order valence-corrected chi connectivity index (χ4v) is 2.14. The minimum absolute atomic E-state index is 0.0566. The van der Waals surface area contributed by atoms with E-state index in [-0.39, 0.29) is 18.1 Å². The van der Waals surface area contributed by atoms with Gasteiger partial charge < -0.3 is 10.1 Å². The summed E-state index contributed by atoms with van der Waals surface area (Å²) in [6.07, 6.45) is 1.70. The zero-order valence-electron chi connectivity index (χ0n) is 12.2. The van der Waals surface area contributed by atoms with Crippen LogP contribution in [-0.4, -0.2) is 22.2 Å². The van der Waals surface area contributed by atoms with Crippen molar-refractivity contribution in [3.63, 3.8) is 0 Å². The Kier molecular flexibility index (Phi) is 4.85. The van der Waals surface area contributed by atoms with Crippen LogP contribution in [0.2, 0.25) is 5.02 Å². The van der Waals surface area contributed by atoms with Crippen LogP contribution < -0.4 is 10.1 Å². The van der Waals surface area contributed by atoms with Gasteiger partial charge in [0.05, 0.1) is 28.4 Å². The number of carbonyl (C=O) groups is 1. The van der Waals surface area contributed by atoms with Crippen LogP contribution in [0.3, 0.4) is 0 Å². The molecule has 1 amide bonds. The Morgan fingerprint density at radius 1 is 1.33 bits per heavy atom. The molecule has 1 heterocycles. The SMILES string of the molecule is CC(C)Oc1ccc(C(=O)N[C@@H](C)c2ccn[nH]2)c(Cl)c1. The minimum Gasteiger partial charge on any atom is -0.491 e. The molecule has 0 saturated heterocycles. The van der Waals surface area contributed by atoms with Crippen molar-refractivity contribution in [1.29, 1.82) is 0 Å². The Morgan fingerprint density at radius 2 is 2.10 bits per heavy atom. The number of H-pyrrole nitrogens is 1. The molecule has 0 fully saturated rings. The molecular formula is C15H18ClN3O2. The third kappa shape index (κ3) is 3.98. The number of aromatic nitrogens is 2. The number of ether oxygens (including phenoxy) is 1. The van der Waals surface area contributed by atoms with Gasteiger partial charge in [0.25, 0.3) is 5.91 Å².